The highest BCUT2D eigenvalue weighted by Crippen LogP contribution is 2.38. The van der Waals surface area contributed by atoms with E-state index in [2.05, 4.69) is 216 Å². The van der Waals surface area contributed by atoms with Gasteiger partial charge in [0, 0.05) is 33.5 Å². The topological polar surface area (TPSA) is 8.17 Å². The van der Waals surface area contributed by atoms with Gasteiger partial charge in [0.15, 0.2) is 0 Å². The molecule has 0 fully saturated rings. The molecule has 0 amide bonds. The Kier molecular flexibility index (Phi) is 7.53. The minimum Gasteiger partial charge on any atom is -0.311 e. The van der Waals surface area contributed by atoms with Crippen molar-refractivity contribution in [1.82, 2.24) is 4.57 Å². The second-order valence-electron chi connectivity index (χ2n) is 12.6. The Labute approximate surface area is 292 Å². The summed E-state index contributed by atoms with van der Waals surface area (Å²) in [7, 11) is 0. The first-order valence-corrected chi connectivity index (χ1v) is 17.1. The minimum absolute atomic E-state index is 1.11. The zero-order valence-electron chi connectivity index (χ0n) is 27.5. The molecule has 0 saturated carbocycles. The van der Waals surface area contributed by atoms with E-state index in [0.29, 0.717) is 0 Å². The Bertz CT molecular complexity index is 2530. The van der Waals surface area contributed by atoms with Crippen LogP contribution in [0.1, 0.15) is 0 Å². The third-order valence-corrected chi connectivity index (χ3v) is 9.61. The van der Waals surface area contributed by atoms with Gasteiger partial charge in [0.2, 0.25) is 0 Å². The van der Waals surface area contributed by atoms with Crippen LogP contribution in [0.15, 0.2) is 206 Å². The lowest BCUT2D eigenvalue weighted by Gasteiger charge is -2.26. The summed E-state index contributed by atoms with van der Waals surface area (Å²) in [6.45, 7) is 0. The average Bonchev–Trinajstić information content (AvgIpc) is 3.53. The van der Waals surface area contributed by atoms with Crippen LogP contribution in [0.3, 0.4) is 0 Å². The highest BCUT2D eigenvalue weighted by Gasteiger charge is 2.15. The molecule has 0 spiro atoms. The van der Waals surface area contributed by atoms with Crippen molar-refractivity contribution in [3.05, 3.63) is 206 Å². The van der Waals surface area contributed by atoms with Crippen LogP contribution in [0.25, 0.3) is 60.9 Å². The standard InChI is InChI=1S/C48H34N2/c1-4-12-35(13-5-1)37-20-27-42(28-21-37)49(41-16-8-3-9-17-41)43-29-22-38(23-30-43)39-24-31-44(32-25-39)50-47-19-11-10-18-45(47)46-33-26-40(34-48(46)50)36-14-6-2-7-15-36/h1-34H. The summed E-state index contributed by atoms with van der Waals surface area (Å²) >= 11 is 0. The molecular formula is C48H34N2. The van der Waals surface area contributed by atoms with Gasteiger partial charge in [-0.05, 0) is 94.0 Å². The number of fused-ring (bicyclic) bond motifs is 3. The summed E-state index contributed by atoms with van der Waals surface area (Å²) < 4.78 is 2.39. The molecule has 0 aliphatic rings. The van der Waals surface area contributed by atoms with Gasteiger partial charge in [-0.1, -0.05) is 146 Å². The quantitative estimate of drug-likeness (QED) is 0.169. The molecule has 1 heterocycles. The van der Waals surface area contributed by atoms with Crippen molar-refractivity contribution in [2.75, 3.05) is 4.90 Å². The molecule has 0 N–H and O–H groups in total. The monoisotopic (exact) mass is 638 g/mol. The second kappa shape index (κ2) is 12.8. The Morgan fingerprint density at radius 3 is 1.26 bits per heavy atom. The number of para-hydroxylation sites is 2. The van der Waals surface area contributed by atoms with E-state index in [0.717, 1.165) is 22.7 Å². The van der Waals surface area contributed by atoms with Crippen LogP contribution in [0.4, 0.5) is 17.1 Å². The van der Waals surface area contributed by atoms with Gasteiger partial charge in [0.05, 0.1) is 11.0 Å². The zero-order chi connectivity index (χ0) is 33.3. The zero-order valence-corrected chi connectivity index (χ0v) is 27.5. The van der Waals surface area contributed by atoms with E-state index in [1.807, 2.05) is 0 Å². The minimum atomic E-state index is 1.11. The maximum atomic E-state index is 2.39. The highest BCUT2D eigenvalue weighted by molar-refractivity contribution is 6.10. The van der Waals surface area contributed by atoms with Gasteiger partial charge in [-0.15, -0.1) is 0 Å². The summed E-state index contributed by atoms with van der Waals surface area (Å²) in [5, 5.41) is 2.53. The molecule has 236 valence electrons. The van der Waals surface area contributed by atoms with Crippen LogP contribution in [-0.2, 0) is 0 Å². The fourth-order valence-corrected chi connectivity index (χ4v) is 7.12. The Morgan fingerprint density at radius 1 is 0.280 bits per heavy atom. The number of hydrogen-bond acceptors (Lipinski definition) is 1. The molecular weight excluding hydrogens is 605 g/mol. The van der Waals surface area contributed by atoms with Gasteiger partial charge >= 0.3 is 0 Å². The van der Waals surface area contributed by atoms with Gasteiger partial charge in [0.1, 0.15) is 0 Å². The van der Waals surface area contributed by atoms with E-state index in [1.54, 1.807) is 0 Å². The number of anilines is 3. The first-order valence-electron chi connectivity index (χ1n) is 17.1. The second-order valence-corrected chi connectivity index (χ2v) is 12.6. The van der Waals surface area contributed by atoms with Gasteiger partial charge < -0.3 is 9.47 Å². The van der Waals surface area contributed by atoms with Gasteiger partial charge in [-0.3, -0.25) is 0 Å². The largest absolute Gasteiger partial charge is 0.311 e. The number of nitrogens with zero attached hydrogens (tertiary/aromatic N) is 2. The Hall–Kier alpha value is -6.64. The van der Waals surface area contributed by atoms with Crippen molar-refractivity contribution in [3.63, 3.8) is 0 Å². The number of aromatic nitrogens is 1. The van der Waals surface area contributed by atoms with Crippen LogP contribution in [-0.4, -0.2) is 4.57 Å². The molecule has 2 heteroatoms. The maximum absolute atomic E-state index is 2.39. The number of benzene rings is 8. The summed E-state index contributed by atoms with van der Waals surface area (Å²) in [4.78, 5) is 2.31. The van der Waals surface area contributed by atoms with Gasteiger partial charge in [0.25, 0.3) is 0 Å². The third kappa shape index (κ3) is 5.43. The normalized spacial score (nSPS) is 11.2. The van der Waals surface area contributed by atoms with Crippen LogP contribution in [0.5, 0.6) is 0 Å². The summed E-state index contributed by atoms with van der Waals surface area (Å²) in [5.74, 6) is 0. The lowest BCUT2D eigenvalue weighted by Crippen LogP contribution is -2.09. The van der Waals surface area contributed by atoms with Crippen LogP contribution >= 0.6 is 0 Å². The van der Waals surface area contributed by atoms with E-state index in [1.165, 1.54) is 55.2 Å². The summed E-state index contributed by atoms with van der Waals surface area (Å²) in [5.41, 5.74) is 14.2. The van der Waals surface area contributed by atoms with Crippen LogP contribution in [0.2, 0.25) is 0 Å². The van der Waals surface area contributed by atoms with Crippen LogP contribution < -0.4 is 4.90 Å². The third-order valence-electron chi connectivity index (χ3n) is 9.61. The molecule has 2 nitrogen and oxygen atoms in total. The lowest BCUT2D eigenvalue weighted by molar-refractivity contribution is 1.18. The molecule has 0 aliphatic carbocycles. The fourth-order valence-electron chi connectivity index (χ4n) is 7.12. The van der Waals surface area contributed by atoms with E-state index in [-0.39, 0.29) is 0 Å². The SMILES string of the molecule is c1ccc(-c2ccc(N(c3ccccc3)c3ccc(-c4ccc(-n5c6ccccc6c6ccc(-c7ccccc7)cc65)cc4)cc3)cc2)cc1. The van der Waals surface area contributed by atoms with Crippen molar-refractivity contribution >= 4 is 38.9 Å². The molecule has 0 radical (unpaired) electrons. The van der Waals surface area contributed by atoms with E-state index >= 15 is 0 Å². The molecule has 8 aromatic carbocycles. The van der Waals surface area contributed by atoms with Crippen molar-refractivity contribution < 1.29 is 0 Å². The number of rotatable bonds is 7. The van der Waals surface area contributed by atoms with Crippen molar-refractivity contribution in [1.29, 1.82) is 0 Å². The molecule has 0 atom stereocenters. The first kappa shape index (κ1) is 29.5. The predicted molar refractivity (Wildman–Crippen MR) is 212 cm³/mol. The fraction of sp³-hybridized carbons (Fsp3) is 0. The Balaban J connectivity index is 1.05. The molecule has 0 unspecified atom stereocenters. The van der Waals surface area contributed by atoms with Crippen LogP contribution in [0, 0.1) is 0 Å². The molecule has 9 rings (SSSR count). The maximum Gasteiger partial charge on any atom is 0.0547 e. The summed E-state index contributed by atoms with van der Waals surface area (Å²) in [6.07, 6.45) is 0. The molecule has 50 heavy (non-hydrogen) atoms. The van der Waals surface area contributed by atoms with Crippen molar-refractivity contribution in [2.45, 2.75) is 0 Å². The smallest absolute Gasteiger partial charge is 0.0547 e. The van der Waals surface area contributed by atoms with Crippen molar-refractivity contribution in [2.24, 2.45) is 0 Å². The van der Waals surface area contributed by atoms with E-state index in [4.69, 9.17) is 0 Å². The lowest BCUT2D eigenvalue weighted by atomic mass is 10.0. The molecule has 9 aromatic rings. The highest BCUT2D eigenvalue weighted by atomic mass is 15.1. The van der Waals surface area contributed by atoms with Gasteiger partial charge in [-0.25, -0.2) is 0 Å². The first-order chi connectivity index (χ1) is 24.8. The molecule has 0 saturated heterocycles. The predicted octanol–water partition coefficient (Wildman–Crippen LogP) is 13.3. The van der Waals surface area contributed by atoms with E-state index in [9.17, 15) is 0 Å². The van der Waals surface area contributed by atoms with E-state index < -0.39 is 0 Å². The number of hydrogen-bond donors (Lipinski definition) is 0. The van der Waals surface area contributed by atoms with Gasteiger partial charge in [-0.2, -0.15) is 0 Å². The summed E-state index contributed by atoms with van der Waals surface area (Å²) in [6, 6.07) is 73.9. The van der Waals surface area contributed by atoms with Crippen molar-refractivity contribution in [3.8, 4) is 39.1 Å². The molecule has 0 aliphatic heterocycles. The molecule has 0 bridgehead atoms. The molecule has 1 aromatic heterocycles. The average molecular weight is 639 g/mol. The Morgan fingerprint density at radius 2 is 0.680 bits per heavy atom.